The van der Waals surface area contributed by atoms with Crippen LogP contribution in [0.1, 0.15) is 17.2 Å². The van der Waals surface area contributed by atoms with Crippen LogP contribution in [-0.4, -0.2) is 6.73 Å². The summed E-state index contributed by atoms with van der Waals surface area (Å²) in [5.41, 5.74) is 7.73. The molecule has 0 atom stereocenters. The van der Waals surface area contributed by atoms with Crippen molar-refractivity contribution >= 4 is 0 Å². The van der Waals surface area contributed by atoms with E-state index in [1.807, 2.05) is 60.7 Å². The summed E-state index contributed by atoms with van der Waals surface area (Å²) in [7, 11) is 0. The van der Waals surface area contributed by atoms with E-state index in [-0.39, 0.29) is 12.8 Å². The summed E-state index contributed by atoms with van der Waals surface area (Å²) in [5.74, 6) is 0. The highest BCUT2D eigenvalue weighted by molar-refractivity contribution is 5.29. The predicted molar refractivity (Wildman–Crippen MR) is 64.9 cm³/mol. The Hall–Kier alpha value is -1.64. The van der Waals surface area contributed by atoms with Crippen LogP contribution in [0.5, 0.6) is 0 Å². The van der Waals surface area contributed by atoms with E-state index in [0.29, 0.717) is 0 Å². The molecule has 0 saturated heterocycles. The molecule has 0 aliphatic carbocycles. The van der Waals surface area contributed by atoms with Crippen molar-refractivity contribution < 1.29 is 4.74 Å². The SMILES string of the molecule is NCOC(c1ccccc1)c1ccccc1. The van der Waals surface area contributed by atoms with Crippen LogP contribution in [0.4, 0.5) is 0 Å². The van der Waals surface area contributed by atoms with Gasteiger partial charge in [0.15, 0.2) is 0 Å². The van der Waals surface area contributed by atoms with Gasteiger partial charge in [0.25, 0.3) is 0 Å². The van der Waals surface area contributed by atoms with E-state index in [4.69, 9.17) is 10.5 Å². The molecule has 0 aliphatic rings. The van der Waals surface area contributed by atoms with Crippen molar-refractivity contribution in [2.45, 2.75) is 6.10 Å². The molecule has 2 heteroatoms. The van der Waals surface area contributed by atoms with Gasteiger partial charge < -0.3 is 10.5 Å². The van der Waals surface area contributed by atoms with E-state index in [1.165, 1.54) is 0 Å². The third-order valence-electron chi connectivity index (χ3n) is 2.47. The molecule has 0 saturated carbocycles. The van der Waals surface area contributed by atoms with Crippen molar-refractivity contribution in [1.29, 1.82) is 0 Å². The van der Waals surface area contributed by atoms with Gasteiger partial charge in [0.2, 0.25) is 0 Å². The lowest BCUT2D eigenvalue weighted by Gasteiger charge is -2.17. The fourth-order valence-corrected chi connectivity index (χ4v) is 1.74. The van der Waals surface area contributed by atoms with Crippen molar-refractivity contribution in [2.75, 3.05) is 6.73 Å². The number of hydrogen-bond donors (Lipinski definition) is 1. The minimum Gasteiger partial charge on any atom is -0.354 e. The summed E-state index contributed by atoms with van der Waals surface area (Å²) in [5, 5.41) is 0. The van der Waals surface area contributed by atoms with Gasteiger partial charge in [-0.15, -0.1) is 0 Å². The van der Waals surface area contributed by atoms with Crippen LogP contribution >= 0.6 is 0 Å². The predicted octanol–water partition coefficient (Wildman–Crippen LogP) is 2.71. The number of benzene rings is 2. The Balaban J connectivity index is 2.31. The molecule has 2 rings (SSSR count). The van der Waals surface area contributed by atoms with Crippen molar-refractivity contribution in [3.63, 3.8) is 0 Å². The number of ether oxygens (including phenoxy) is 1. The van der Waals surface area contributed by atoms with Crippen molar-refractivity contribution in [1.82, 2.24) is 0 Å². The third-order valence-corrected chi connectivity index (χ3v) is 2.47. The average Bonchev–Trinajstić information content (AvgIpc) is 2.38. The van der Waals surface area contributed by atoms with Gasteiger partial charge >= 0.3 is 0 Å². The quantitative estimate of drug-likeness (QED) is 0.792. The van der Waals surface area contributed by atoms with Crippen molar-refractivity contribution in [2.24, 2.45) is 5.73 Å². The first-order chi connectivity index (χ1) is 7.92. The molecule has 0 radical (unpaired) electrons. The van der Waals surface area contributed by atoms with Gasteiger partial charge in [0.05, 0.1) is 6.73 Å². The molecule has 2 aromatic rings. The standard InChI is InChI=1S/C14H15NO/c15-11-16-14(12-7-3-1-4-8-12)13-9-5-2-6-10-13/h1-10,14H,11,15H2. The van der Waals surface area contributed by atoms with E-state index < -0.39 is 0 Å². The van der Waals surface area contributed by atoms with E-state index in [2.05, 4.69) is 0 Å². The molecule has 0 fully saturated rings. The Morgan fingerprint density at radius 1 is 0.812 bits per heavy atom. The topological polar surface area (TPSA) is 35.2 Å². The lowest BCUT2D eigenvalue weighted by molar-refractivity contribution is 0.0856. The Morgan fingerprint density at radius 3 is 1.62 bits per heavy atom. The second-order valence-electron chi connectivity index (χ2n) is 3.53. The van der Waals surface area contributed by atoms with Crippen LogP contribution in [0.25, 0.3) is 0 Å². The molecule has 82 valence electrons. The first kappa shape index (κ1) is 10.9. The second-order valence-corrected chi connectivity index (χ2v) is 3.53. The smallest absolute Gasteiger partial charge is 0.109 e. The van der Waals surface area contributed by atoms with Gasteiger partial charge in [-0.2, -0.15) is 0 Å². The minimum absolute atomic E-state index is 0.0765. The molecule has 0 spiro atoms. The minimum atomic E-state index is -0.0765. The molecule has 0 unspecified atom stereocenters. The summed E-state index contributed by atoms with van der Waals surface area (Å²) in [6.45, 7) is 0.217. The summed E-state index contributed by atoms with van der Waals surface area (Å²) < 4.78 is 5.59. The largest absolute Gasteiger partial charge is 0.354 e. The highest BCUT2D eigenvalue weighted by Gasteiger charge is 2.12. The molecule has 2 aromatic carbocycles. The normalized spacial score (nSPS) is 10.6. The van der Waals surface area contributed by atoms with E-state index in [1.54, 1.807) is 0 Å². The van der Waals surface area contributed by atoms with Gasteiger partial charge in [0.1, 0.15) is 6.10 Å². The summed E-state index contributed by atoms with van der Waals surface area (Å²) in [6, 6.07) is 20.2. The molecule has 0 heterocycles. The van der Waals surface area contributed by atoms with Gasteiger partial charge in [-0.1, -0.05) is 60.7 Å². The number of hydrogen-bond acceptors (Lipinski definition) is 2. The summed E-state index contributed by atoms with van der Waals surface area (Å²) >= 11 is 0. The fourth-order valence-electron chi connectivity index (χ4n) is 1.74. The monoisotopic (exact) mass is 213 g/mol. The molecular weight excluding hydrogens is 198 g/mol. The molecule has 2 N–H and O–H groups in total. The maximum atomic E-state index is 5.59. The van der Waals surface area contributed by atoms with Gasteiger partial charge in [0, 0.05) is 0 Å². The van der Waals surface area contributed by atoms with Crippen LogP contribution in [0, 0.1) is 0 Å². The zero-order valence-corrected chi connectivity index (χ0v) is 9.04. The maximum absolute atomic E-state index is 5.59. The van der Waals surface area contributed by atoms with E-state index in [0.717, 1.165) is 11.1 Å². The zero-order valence-electron chi connectivity index (χ0n) is 9.04. The second kappa shape index (κ2) is 5.45. The Morgan fingerprint density at radius 2 is 1.25 bits per heavy atom. The van der Waals surface area contributed by atoms with Crippen LogP contribution in [0.3, 0.4) is 0 Å². The first-order valence-corrected chi connectivity index (χ1v) is 5.33. The zero-order chi connectivity index (χ0) is 11.2. The lowest BCUT2D eigenvalue weighted by Crippen LogP contribution is -2.12. The van der Waals surface area contributed by atoms with Crippen molar-refractivity contribution in [3.05, 3.63) is 71.8 Å². The van der Waals surface area contributed by atoms with E-state index in [9.17, 15) is 0 Å². The van der Waals surface area contributed by atoms with Gasteiger partial charge in [-0.05, 0) is 11.1 Å². The van der Waals surface area contributed by atoms with Crippen molar-refractivity contribution in [3.8, 4) is 0 Å². The number of nitrogens with two attached hydrogens (primary N) is 1. The fraction of sp³-hybridized carbons (Fsp3) is 0.143. The van der Waals surface area contributed by atoms with Crippen LogP contribution < -0.4 is 5.73 Å². The Kier molecular flexibility index (Phi) is 3.70. The third kappa shape index (κ3) is 2.48. The molecule has 0 amide bonds. The van der Waals surface area contributed by atoms with Crippen LogP contribution in [0.2, 0.25) is 0 Å². The Bertz CT molecular complexity index is 374. The molecule has 0 aromatic heterocycles. The van der Waals surface area contributed by atoms with Crippen LogP contribution in [0.15, 0.2) is 60.7 Å². The average molecular weight is 213 g/mol. The van der Waals surface area contributed by atoms with Crippen LogP contribution in [-0.2, 0) is 4.74 Å². The van der Waals surface area contributed by atoms with Gasteiger partial charge in [-0.25, -0.2) is 0 Å². The summed E-state index contributed by atoms with van der Waals surface area (Å²) in [6.07, 6.45) is -0.0765. The first-order valence-electron chi connectivity index (χ1n) is 5.33. The van der Waals surface area contributed by atoms with E-state index >= 15 is 0 Å². The molecule has 0 bridgehead atoms. The molecule has 2 nitrogen and oxygen atoms in total. The van der Waals surface area contributed by atoms with Gasteiger partial charge in [-0.3, -0.25) is 0 Å². The Labute approximate surface area is 95.7 Å². The molecular formula is C14H15NO. The highest BCUT2D eigenvalue weighted by atomic mass is 16.5. The molecule has 16 heavy (non-hydrogen) atoms. The summed E-state index contributed by atoms with van der Waals surface area (Å²) in [4.78, 5) is 0. The number of rotatable bonds is 4. The lowest BCUT2D eigenvalue weighted by atomic mass is 10.0. The molecule has 0 aliphatic heterocycles. The highest BCUT2D eigenvalue weighted by Crippen LogP contribution is 2.24. The maximum Gasteiger partial charge on any atom is 0.109 e.